The van der Waals surface area contributed by atoms with Gasteiger partial charge in [0.1, 0.15) is 5.70 Å². The monoisotopic (exact) mass is 512 g/mol. The molecule has 0 aromatic heterocycles. The molecule has 0 radical (unpaired) electrons. The third-order valence-electron chi connectivity index (χ3n) is 5.66. The van der Waals surface area contributed by atoms with E-state index in [2.05, 4.69) is 11.6 Å². The first-order valence-corrected chi connectivity index (χ1v) is 13.0. The quantitative estimate of drug-likeness (QED) is 0.328. The van der Waals surface area contributed by atoms with Gasteiger partial charge in [-0.1, -0.05) is 74.2 Å². The number of nitrogens with zero attached hydrogens (tertiary/aromatic N) is 1. The van der Waals surface area contributed by atoms with Crippen molar-refractivity contribution in [3.8, 4) is 11.1 Å². The lowest BCUT2D eigenvalue weighted by atomic mass is 9.93. The molecule has 0 saturated heterocycles. The number of nitrogens with two attached hydrogens (primary N) is 1. The molecule has 0 unspecified atom stereocenters. The minimum atomic E-state index is -4.66. The number of hydrogen-bond donors (Lipinski definition) is 1. The molecule has 2 N–H and O–H groups in total. The highest BCUT2D eigenvalue weighted by Crippen LogP contribution is 2.29. The van der Waals surface area contributed by atoms with Gasteiger partial charge in [-0.2, -0.15) is 13.2 Å². The van der Waals surface area contributed by atoms with Gasteiger partial charge in [0.25, 0.3) is 0 Å². The zero-order valence-corrected chi connectivity index (χ0v) is 20.8. The molecule has 3 aromatic rings. The number of rotatable bonds is 8. The van der Waals surface area contributed by atoms with Crippen molar-refractivity contribution in [3.63, 3.8) is 0 Å². The van der Waals surface area contributed by atoms with Crippen LogP contribution in [0.25, 0.3) is 17.2 Å². The van der Waals surface area contributed by atoms with E-state index in [0.717, 1.165) is 29.0 Å². The van der Waals surface area contributed by atoms with Crippen molar-refractivity contribution in [2.75, 3.05) is 6.26 Å². The largest absolute Gasteiger partial charge is 0.430 e. The molecule has 0 fully saturated rings. The van der Waals surface area contributed by atoms with Crippen LogP contribution in [-0.4, -0.2) is 26.6 Å². The summed E-state index contributed by atoms with van der Waals surface area (Å²) in [6.45, 7) is 5.63. The second-order valence-electron chi connectivity index (χ2n) is 8.49. The van der Waals surface area contributed by atoms with Gasteiger partial charge in [0.15, 0.2) is 9.84 Å². The second kappa shape index (κ2) is 11.0. The normalized spacial score (nSPS) is 13.9. The molecule has 8 heteroatoms. The van der Waals surface area contributed by atoms with Crippen LogP contribution in [0.5, 0.6) is 0 Å². The van der Waals surface area contributed by atoms with Crippen molar-refractivity contribution in [3.05, 3.63) is 102 Å². The molecular weight excluding hydrogens is 485 g/mol. The van der Waals surface area contributed by atoms with Gasteiger partial charge in [-0.15, -0.1) is 0 Å². The van der Waals surface area contributed by atoms with Crippen LogP contribution < -0.4 is 5.73 Å². The van der Waals surface area contributed by atoms with E-state index in [-0.39, 0.29) is 22.9 Å². The molecule has 3 aromatic carbocycles. The van der Waals surface area contributed by atoms with Crippen molar-refractivity contribution in [2.45, 2.75) is 30.3 Å². The molecule has 4 nitrogen and oxygen atoms in total. The van der Waals surface area contributed by atoms with Crippen LogP contribution in [0.15, 0.2) is 101 Å². The summed E-state index contributed by atoms with van der Waals surface area (Å²) in [5, 5.41) is 0. The molecule has 0 heterocycles. The average Bonchev–Trinajstić information content (AvgIpc) is 2.83. The van der Waals surface area contributed by atoms with E-state index in [9.17, 15) is 21.6 Å². The standard InChI is InChI=1S/C28H27F3N2O2S/c1-4-20-8-5-6-11-26(20)33-24(18-27(32)28(29,30)31)16-19(2)21-12-14-22(15-13-21)23-9-7-10-25(17-23)36(3,34)35/h4-15,17-19H,1,16,32H2,2-3H3/t19-/m1/s1. The van der Waals surface area contributed by atoms with Gasteiger partial charge < -0.3 is 5.73 Å². The van der Waals surface area contributed by atoms with Crippen molar-refractivity contribution in [1.82, 2.24) is 0 Å². The van der Waals surface area contributed by atoms with E-state index in [1.807, 2.05) is 37.3 Å². The maximum atomic E-state index is 13.2. The molecule has 0 aliphatic heterocycles. The number of halogens is 3. The van der Waals surface area contributed by atoms with Gasteiger partial charge in [0.05, 0.1) is 10.6 Å². The van der Waals surface area contributed by atoms with Crippen molar-refractivity contribution >= 4 is 27.3 Å². The highest BCUT2D eigenvalue weighted by molar-refractivity contribution is 7.90. The van der Waals surface area contributed by atoms with Gasteiger partial charge in [-0.05, 0) is 58.9 Å². The number of alkyl halides is 3. The van der Waals surface area contributed by atoms with E-state index in [1.165, 1.54) is 0 Å². The molecule has 0 aliphatic rings. The smallest absolute Gasteiger partial charge is 0.395 e. The van der Waals surface area contributed by atoms with Crippen LogP contribution in [-0.2, 0) is 9.84 Å². The van der Waals surface area contributed by atoms with E-state index >= 15 is 0 Å². The number of benzene rings is 3. The average molecular weight is 513 g/mol. The molecule has 36 heavy (non-hydrogen) atoms. The summed E-state index contributed by atoms with van der Waals surface area (Å²) in [7, 11) is -3.34. The number of aliphatic imine (C=N–C) groups is 1. The first-order chi connectivity index (χ1) is 16.9. The molecule has 0 amide bonds. The summed E-state index contributed by atoms with van der Waals surface area (Å²) in [6.07, 6.45) is -0.825. The molecular formula is C28H27F3N2O2S. The summed E-state index contributed by atoms with van der Waals surface area (Å²) in [5.74, 6) is -0.173. The third-order valence-corrected chi connectivity index (χ3v) is 6.77. The fourth-order valence-corrected chi connectivity index (χ4v) is 4.32. The Bertz CT molecular complexity index is 1410. The van der Waals surface area contributed by atoms with Crippen molar-refractivity contribution < 1.29 is 21.6 Å². The molecule has 0 spiro atoms. The van der Waals surface area contributed by atoms with Crippen molar-refractivity contribution in [2.24, 2.45) is 10.7 Å². The zero-order valence-electron chi connectivity index (χ0n) is 20.0. The lowest BCUT2D eigenvalue weighted by Crippen LogP contribution is -2.21. The van der Waals surface area contributed by atoms with E-state index < -0.39 is 21.7 Å². The lowest BCUT2D eigenvalue weighted by molar-refractivity contribution is -0.0925. The Kier molecular flexibility index (Phi) is 8.20. The molecule has 0 aliphatic carbocycles. The maximum absolute atomic E-state index is 13.2. The second-order valence-corrected chi connectivity index (χ2v) is 10.5. The summed E-state index contributed by atoms with van der Waals surface area (Å²) >= 11 is 0. The number of hydrogen-bond acceptors (Lipinski definition) is 4. The summed E-state index contributed by atoms with van der Waals surface area (Å²) < 4.78 is 63.2. The minimum Gasteiger partial charge on any atom is -0.395 e. The van der Waals surface area contributed by atoms with E-state index in [0.29, 0.717) is 11.3 Å². The van der Waals surface area contributed by atoms with Gasteiger partial charge in [-0.3, -0.25) is 4.99 Å². The van der Waals surface area contributed by atoms with Crippen LogP contribution in [0.2, 0.25) is 0 Å². The van der Waals surface area contributed by atoms with Gasteiger partial charge in [0.2, 0.25) is 0 Å². The Morgan fingerprint density at radius 3 is 2.31 bits per heavy atom. The fraction of sp³-hybridized carbons (Fsp3) is 0.179. The van der Waals surface area contributed by atoms with Gasteiger partial charge in [-0.25, -0.2) is 8.42 Å². The predicted molar refractivity (Wildman–Crippen MR) is 140 cm³/mol. The highest BCUT2D eigenvalue weighted by Gasteiger charge is 2.31. The van der Waals surface area contributed by atoms with E-state index in [1.54, 1.807) is 48.5 Å². The minimum absolute atomic E-state index is 0.173. The first kappa shape index (κ1) is 26.9. The van der Waals surface area contributed by atoms with Crippen LogP contribution in [0.4, 0.5) is 18.9 Å². The molecule has 0 bridgehead atoms. The number of para-hydroxylation sites is 1. The van der Waals surface area contributed by atoms with Gasteiger partial charge >= 0.3 is 6.18 Å². The van der Waals surface area contributed by atoms with Gasteiger partial charge in [0, 0.05) is 12.0 Å². The van der Waals surface area contributed by atoms with E-state index in [4.69, 9.17) is 5.73 Å². The lowest BCUT2D eigenvalue weighted by Gasteiger charge is -2.15. The molecule has 3 rings (SSSR count). The number of allylic oxidation sites excluding steroid dienone is 2. The third kappa shape index (κ3) is 6.95. The fourth-order valence-electron chi connectivity index (χ4n) is 3.66. The summed E-state index contributed by atoms with van der Waals surface area (Å²) in [5.41, 5.74) is 7.95. The van der Waals surface area contributed by atoms with Crippen LogP contribution in [0.3, 0.4) is 0 Å². The van der Waals surface area contributed by atoms with Crippen LogP contribution >= 0.6 is 0 Å². The first-order valence-electron chi connectivity index (χ1n) is 11.1. The Balaban J connectivity index is 1.91. The Hall–Kier alpha value is -3.65. The Morgan fingerprint density at radius 1 is 1.03 bits per heavy atom. The maximum Gasteiger partial charge on any atom is 0.430 e. The number of sulfone groups is 1. The summed E-state index contributed by atoms with van der Waals surface area (Å²) in [4.78, 5) is 4.71. The van der Waals surface area contributed by atoms with Crippen LogP contribution in [0.1, 0.15) is 30.4 Å². The molecule has 188 valence electrons. The Morgan fingerprint density at radius 2 is 1.69 bits per heavy atom. The van der Waals surface area contributed by atoms with Crippen molar-refractivity contribution in [1.29, 1.82) is 0 Å². The highest BCUT2D eigenvalue weighted by atomic mass is 32.2. The molecule has 0 saturated carbocycles. The van der Waals surface area contributed by atoms with Crippen LogP contribution in [0, 0.1) is 0 Å². The topological polar surface area (TPSA) is 72.5 Å². The predicted octanol–water partition coefficient (Wildman–Crippen LogP) is 7.07. The summed E-state index contributed by atoms with van der Waals surface area (Å²) in [6, 6.07) is 21.2. The SMILES string of the molecule is C=Cc1ccccc1N=C(C=C(N)C(F)(F)F)C[C@@H](C)c1ccc(-c2cccc(S(C)(=O)=O)c2)cc1. The Labute approximate surface area is 209 Å². The zero-order chi connectivity index (χ0) is 26.5. The molecule has 1 atom stereocenters.